The van der Waals surface area contributed by atoms with Crippen molar-refractivity contribution in [3.63, 3.8) is 0 Å². The fourth-order valence-corrected chi connectivity index (χ4v) is 3.48. The van der Waals surface area contributed by atoms with Crippen LogP contribution in [-0.2, 0) is 10.0 Å². The first-order valence-electron chi connectivity index (χ1n) is 7.49. The van der Waals surface area contributed by atoms with Crippen molar-refractivity contribution in [3.05, 3.63) is 59.7 Å². The lowest BCUT2D eigenvalue weighted by Crippen LogP contribution is -2.34. The number of rotatable bonds is 7. The fraction of sp³-hybridized carbons (Fsp3) is 0.294. The second-order valence-electron chi connectivity index (χ2n) is 5.71. The summed E-state index contributed by atoms with van der Waals surface area (Å²) in [6.45, 7) is 0.0284. The average Bonchev–Trinajstić information content (AvgIpc) is 2.54. The molecule has 8 heteroatoms. The second kappa shape index (κ2) is 7.90. The average molecular weight is 370 g/mol. The van der Waals surface area contributed by atoms with E-state index < -0.39 is 26.6 Å². The smallest absolute Gasteiger partial charge is 0.240 e. The third-order valence-electron chi connectivity index (χ3n) is 3.71. The zero-order valence-corrected chi connectivity index (χ0v) is 15.0. The van der Waals surface area contributed by atoms with Crippen LogP contribution in [0.4, 0.5) is 8.78 Å². The van der Waals surface area contributed by atoms with Gasteiger partial charge in [-0.2, -0.15) is 0 Å². The highest BCUT2D eigenvalue weighted by molar-refractivity contribution is 7.89. The maximum Gasteiger partial charge on any atom is 0.240 e. The Morgan fingerprint density at radius 1 is 1.12 bits per heavy atom. The number of methoxy groups -OCH3 is 1. The predicted molar refractivity (Wildman–Crippen MR) is 91.0 cm³/mol. The van der Waals surface area contributed by atoms with Gasteiger partial charge in [-0.15, -0.1) is 0 Å². The Bertz CT molecular complexity index is 821. The third kappa shape index (κ3) is 4.97. The summed E-state index contributed by atoms with van der Waals surface area (Å²) in [5.74, 6) is -1.24. The van der Waals surface area contributed by atoms with Gasteiger partial charge in [0.2, 0.25) is 10.0 Å². The topological polar surface area (TPSA) is 58.6 Å². The lowest BCUT2D eigenvalue weighted by Gasteiger charge is -2.25. The summed E-state index contributed by atoms with van der Waals surface area (Å²) in [5.41, 5.74) is 0.845. The molecule has 0 amide bonds. The van der Waals surface area contributed by atoms with Crippen molar-refractivity contribution >= 4 is 10.0 Å². The molecule has 25 heavy (non-hydrogen) atoms. The van der Waals surface area contributed by atoms with Gasteiger partial charge in [-0.3, -0.25) is 0 Å². The molecule has 0 heterocycles. The van der Waals surface area contributed by atoms with Crippen molar-refractivity contribution in [2.75, 3.05) is 27.7 Å². The predicted octanol–water partition coefficient (Wildman–Crippen LogP) is 2.55. The summed E-state index contributed by atoms with van der Waals surface area (Å²) in [6.07, 6.45) is 0. The molecule has 1 atom stereocenters. The van der Waals surface area contributed by atoms with Crippen molar-refractivity contribution < 1.29 is 21.9 Å². The molecular formula is C17H20F2N2O3S. The van der Waals surface area contributed by atoms with Crippen LogP contribution >= 0.6 is 0 Å². The minimum absolute atomic E-state index is 0.0284. The molecule has 0 saturated carbocycles. The zero-order chi connectivity index (χ0) is 18.6. The number of likely N-dealkylation sites (N-methyl/N-ethyl adjacent to an activating group) is 1. The Morgan fingerprint density at radius 2 is 1.76 bits per heavy atom. The van der Waals surface area contributed by atoms with Crippen LogP contribution in [0.25, 0.3) is 0 Å². The first-order chi connectivity index (χ1) is 11.7. The molecule has 136 valence electrons. The molecule has 0 radical (unpaired) electrons. The van der Waals surface area contributed by atoms with E-state index in [4.69, 9.17) is 4.74 Å². The summed E-state index contributed by atoms with van der Waals surface area (Å²) in [6, 6.07) is 9.14. The van der Waals surface area contributed by atoms with Crippen LogP contribution in [0, 0.1) is 11.6 Å². The number of nitrogens with zero attached hydrogens (tertiary/aromatic N) is 1. The van der Waals surface area contributed by atoms with Crippen molar-refractivity contribution in [3.8, 4) is 5.75 Å². The molecule has 0 bridgehead atoms. The van der Waals surface area contributed by atoms with E-state index in [1.807, 2.05) is 11.0 Å². The van der Waals surface area contributed by atoms with Crippen LogP contribution in [-0.4, -0.2) is 41.1 Å². The molecule has 2 aromatic rings. The van der Waals surface area contributed by atoms with Gasteiger partial charge in [-0.05, 0) is 43.9 Å². The van der Waals surface area contributed by atoms with Crippen molar-refractivity contribution in [2.45, 2.75) is 10.9 Å². The van der Waals surface area contributed by atoms with Gasteiger partial charge in [0.25, 0.3) is 0 Å². The van der Waals surface area contributed by atoms with E-state index in [0.29, 0.717) is 11.8 Å². The highest BCUT2D eigenvalue weighted by Gasteiger charge is 2.21. The molecule has 0 aliphatic heterocycles. The number of halogens is 2. The molecule has 0 aliphatic rings. The summed E-state index contributed by atoms with van der Waals surface area (Å²) < 4.78 is 58.8. The first kappa shape index (κ1) is 19.3. The summed E-state index contributed by atoms with van der Waals surface area (Å²) in [5, 5.41) is 0. The Labute approximate surface area is 146 Å². The molecule has 1 N–H and O–H groups in total. The Balaban J connectivity index is 2.22. The SMILES string of the molecule is COc1cccc([C@@H](CNS(=O)(=O)c2cc(F)cc(F)c2)N(C)C)c1. The van der Waals surface area contributed by atoms with E-state index in [1.54, 1.807) is 39.4 Å². The van der Waals surface area contributed by atoms with E-state index in [1.165, 1.54) is 0 Å². The lowest BCUT2D eigenvalue weighted by molar-refractivity contribution is 0.298. The minimum atomic E-state index is -4.05. The molecule has 0 aliphatic carbocycles. The highest BCUT2D eigenvalue weighted by Crippen LogP contribution is 2.23. The largest absolute Gasteiger partial charge is 0.497 e. The van der Waals surface area contributed by atoms with Gasteiger partial charge in [0, 0.05) is 18.7 Å². The number of sulfonamides is 1. The molecule has 2 rings (SSSR count). The standard InChI is InChI=1S/C17H20F2N2O3S/c1-21(2)17(12-5-4-6-15(7-12)24-3)11-20-25(22,23)16-9-13(18)8-14(19)10-16/h4-10,17,20H,11H2,1-3H3/t17-/m1/s1. The van der Waals surface area contributed by atoms with Crippen LogP contribution in [0.5, 0.6) is 5.75 Å². The lowest BCUT2D eigenvalue weighted by atomic mass is 10.1. The number of ether oxygens (including phenoxy) is 1. The summed E-state index contributed by atoms with van der Waals surface area (Å²) in [4.78, 5) is 1.39. The quantitative estimate of drug-likeness (QED) is 0.814. The highest BCUT2D eigenvalue weighted by atomic mass is 32.2. The Morgan fingerprint density at radius 3 is 2.32 bits per heavy atom. The molecule has 0 fully saturated rings. The molecule has 0 saturated heterocycles. The molecule has 5 nitrogen and oxygen atoms in total. The van der Waals surface area contributed by atoms with Crippen LogP contribution in [0.2, 0.25) is 0 Å². The molecular weight excluding hydrogens is 350 g/mol. The van der Waals surface area contributed by atoms with Crippen molar-refractivity contribution in [1.82, 2.24) is 9.62 Å². The van der Waals surface area contributed by atoms with Crippen LogP contribution in [0.15, 0.2) is 47.4 Å². The molecule has 0 unspecified atom stereocenters. The number of hydrogen-bond acceptors (Lipinski definition) is 4. The van der Waals surface area contributed by atoms with Gasteiger partial charge in [0.15, 0.2) is 0 Å². The van der Waals surface area contributed by atoms with Crippen molar-refractivity contribution in [1.29, 1.82) is 0 Å². The van der Waals surface area contributed by atoms with Crippen LogP contribution in [0.3, 0.4) is 0 Å². The van der Waals surface area contributed by atoms with Gasteiger partial charge in [0.1, 0.15) is 17.4 Å². The molecule has 2 aromatic carbocycles. The number of nitrogens with one attached hydrogen (secondary N) is 1. The zero-order valence-electron chi connectivity index (χ0n) is 14.2. The second-order valence-corrected chi connectivity index (χ2v) is 7.48. The first-order valence-corrected chi connectivity index (χ1v) is 8.97. The summed E-state index contributed by atoms with van der Waals surface area (Å²) in [7, 11) is 1.11. The number of hydrogen-bond donors (Lipinski definition) is 1. The van der Waals surface area contributed by atoms with E-state index in [2.05, 4.69) is 4.72 Å². The van der Waals surface area contributed by atoms with Gasteiger partial charge < -0.3 is 9.64 Å². The van der Waals surface area contributed by atoms with Crippen LogP contribution < -0.4 is 9.46 Å². The van der Waals surface area contributed by atoms with E-state index in [0.717, 1.165) is 17.7 Å². The maximum absolute atomic E-state index is 13.3. The third-order valence-corrected chi connectivity index (χ3v) is 5.12. The van der Waals surface area contributed by atoms with Gasteiger partial charge in [-0.1, -0.05) is 12.1 Å². The minimum Gasteiger partial charge on any atom is -0.497 e. The van der Waals surface area contributed by atoms with E-state index in [-0.39, 0.29) is 12.6 Å². The van der Waals surface area contributed by atoms with Gasteiger partial charge in [-0.25, -0.2) is 21.9 Å². The maximum atomic E-state index is 13.3. The van der Waals surface area contributed by atoms with E-state index in [9.17, 15) is 17.2 Å². The van der Waals surface area contributed by atoms with E-state index >= 15 is 0 Å². The molecule has 0 aromatic heterocycles. The van der Waals surface area contributed by atoms with Gasteiger partial charge in [0.05, 0.1) is 12.0 Å². The number of benzene rings is 2. The van der Waals surface area contributed by atoms with Crippen LogP contribution in [0.1, 0.15) is 11.6 Å². The Kier molecular flexibility index (Phi) is 6.10. The fourth-order valence-electron chi connectivity index (χ4n) is 2.40. The van der Waals surface area contributed by atoms with Crippen molar-refractivity contribution in [2.24, 2.45) is 0 Å². The monoisotopic (exact) mass is 370 g/mol. The normalized spacial score (nSPS) is 13.0. The Hall–Kier alpha value is -2.03. The van der Waals surface area contributed by atoms with Gasteiger partial charge >= 0.3 is 0 Å². The molecule has 0 spiro atoms. The summed E-state index contributed by atoms with van der Waals surface area (Å²) >= 11 is 0.